The molecule has 1 fully saturated rings. The van der Waals surface area contributed by atoms with Gasteiger partial charge in [0.05, 0.1) is 36.9 Å². The number of hydrogen-bond donors (Lipinski definition) is 0. The van der Waals surface area contributed by atoms with Crippen LogP contribution in [0, 0.1) is 10.1 Å². The largest absolute Gasteiger partial charge is 0.429 e. The van der Waals surface area contributed by atoms with Crippen molar-refractivity contribution in [1.29, 1.82) is 0 Å². The van der Waals surface area contributed by atoms with Crippen molar-refractivity contribution < 1.29 is 33.4 Å². The third-order valence-corrected chi connectivity index (χ3v) is 6.77. The molecule has 4 aromatic carbocycles. The van der Waals surface area contributed by atoms with Crippen LogP contribution in [0.4, 0.5) is 5.69 Å². The third kappa shape index (κ3) is 7.86. The van der Waals surface area contributed by atoms with E-state index in [1.54, 1.807) is 0 Å². The molecule has 0 N–H and O–H groups in total. The van der Waals surface area contributed by atoms with E-state index in [4.69, 9.17) is 23.7 Å². The number of non-ortho nitro benzene ring substituents is 1. The summed E-state index contributed by atoms with van der Waals surface area (Å²) in [6, 6.07) is 34.3. The fourth-order valence-electron chi connectivity index (χ4n) is 4.59. The molecule has 1 heterocycles. The van der Waals surface area contributed by atoms with E-state index in [9.17, 15) is 14.9 Å². The number of ether oxygens (including phenoxy) is 5. The summed E-state index contributed by atoms with van der Waals surface area (Å²) in [5.41, 5.74) is 2.93. The highest BCUT2D eigenvalue weighted by Gasteiger charge is 2.48. The van der Waals surface area contributed by atoms with Crippen LogP contribution in [0.5, 0.6) is 0 Å². The molecule has 9 nitrogen and oxygen atoms in total. The Morgan fingerprint density at radius 2 is 1.19 bits per heavy atom. The summed E-state index contributed by atoms with van der Waals surface area (Å²) < 4.78 is 30.7. The van der Waals surface area contributed by atoms with Crippen molar-refractivity contribution >= 4 is 11.7 Å². The van der Waals surface area contributed by atoms with Gasteiger partial charge in [-0.3, -0.25) is 10.1 Å². The molecule has 42 heavy (non-hydrogen) atoms. The molecule has 0 spiro atoms. The maximum Gasteiger partial charge on any atom is 0.340 e. The van der Waals surface area contributed by atoms with Crippen LogP contribution in [0.25, 0.3) is 0 Å². The quantitative estimate of drug-likeness (QED) is 0.112. The summed E-state index contributed by atoms with van der Waals surface area (Å²) in [5, 5.41) is 11.0. The van der Waals surface area contributed by atoms with Crippen molar-refractivity contribution in [3.05, 3.63) is 148 Å². The van der Waals surface area contributed by atoms with Crippen molar-refractivity contribution in [2.45, 2.75) is 44.4 Å². The van der Waals surface area contributed by atoms with Crippen LogP contribution in [-0.4, -0.2) is 42.1 Å². The van der Waals surface area contributed by atoms with Gasteiger partial charge in [-0.25, -0.2) is 4.79 Å². The van der Waals surface area contributed by atoms with Crippen LogP contribution in [-0.2, 0) is 43.5 Å². The van der Waals surface area contributed by atoms with E-state index in [0.717, 1.165) is 16.7 Å². The van der Waals surface area contributed by atoms with Crippen molar-refractivity contribution in [2.75, 3.05) is 6.61 Å². The number of benzene rings is 4. The van der Waals surface area contributed by atoms with E-state index in [2.05, 4.69) is 0 Å². The SMILES string of the molecule is O=C(O[C@H]1O[C@H](COCc2ccccc2)[C@@H](OCc2ccccc2)[C@@H]1OCc1ccccc1)c1ccc([N+](=O)[O-])cc1. The maximum absolute atomic E-state index is 13.1. The summed E-state index contributed by atoms with van der Waals surface area (Å²) in [4.78, 5) is 23.6. The molecule has 1 saturated heterocycles. The zero-order chi connectivity index (χ0) is 29.1. The third-order valence-electron chi connectivity index (χ3n) is 6.77. The minimum atomic E-state index is -1.11. The molecule has 0 bridgehead atoms. The lowest BCUT2D eigenvalue weighted by Gasteiger charge is -2.25. The van der Waals surface area contributed by atoms with Gasteiger partial charge in [0.15, 0.2) is 0 Å². The molecule has 4 aromatic rings. The summed E-state index contributed by atoms with van der Waals surface area (Å²) >= 11 is 0. The molecule has 9 heteroatoms. The van der Waals surface area contributed by atoms with Crippen molar-refractivity contribution in [2.24, 2.45) is 0 Å². The average Bonchev–Trinajstić information content (AvgIpc) is 3.35. The summed E-state index contributed by atoms with van der Waals surface area (Å²) in [7, 11) is 0. The second-order valence-corrected chi connectivity index (χ2v) is 9.78. The van der Waals surface area contributed by atoms with Gasteiger partial charge in [0, 0.05) is 12.1 Å². The van der Waals surface area contributed by atoms with Crippen LogP contribution in [0.1, 0.15) is 27.0 Å². The molecule has 216 valence electrons. The Morgan fingerprint density at radius 1 is 0.690 bits per heavy atom. The Bertz CT molecular complexity index is 1420. The second kappa shape index (κ2) is 14.5. The smallest absolute Gasteiger partial charge is 0.340 e. The Balaban J connectivity index is 1.35. The van der Waals surface area contributed by atoms with E-state index >= 15 is 0 Å². The van der Waals surface area contributed by atoms with Crippen LogP contribution in [0.3, 0.4) is 0 Å². The van der Waals surface area contributed by atoms with Crippen LogP contribution in [0.15, 0.2) is 115 Å². The van der Waals surface area contributed by atoms with E-state index in [1.807, 2.05) is 91.0 Å². The first-order chi connectivity index (χ1) is 20.6. The molecule has 0 unspecified atom stereocenters. The van der Waals surface area contributed by atoms with Crippen molar-refractivity contribution in [1.82, 2.24) is 0 Å². The molecule has 0 amide bonds. The molecule has 0 aliphatic carbocycles. The zero-order valence-electron chi connectivity index (χ0n) is 22.8. The Morgan fingerprint density at radius 3 is 1.71 bits per heavy atom. The van der Waals surface area contributed by atoms with Crippen LogP contribution < -0.4 is 0 Å². The van der Waals surface area contributed by atoms with Gasteiger partial charge >= 0.3 is 5.97 Å². The van der Waals surface area contributed by atoms with Crippen LogP contribution in [0.2, 0.25) is 0 Å². The highest BCUT2D eigenvalue weighted by molar-refractivity contribution is 5.89. The fraction of sp³-hybridized carbons (Fsp3) is 0.242. The van der Waals surface area contributed by atoms with Crippen LogP contribution >= 0.6 is 0 Å². The summed E-state index contributed by atoms with van der Waals surface area (Å²) in [5.74, 6) is -0.698. The van der Waals surface area contributed by atoms with Gasteiger partial charge in [0.1, 0.15) is 18.3 Å². The van der Waals surface area contributed by atoms with Crippen molar-refractivity contribution in [3.63, 3.8) is 0 Å². The Hall–Kier alpha value is -4.41. The molecule has 0 saturated carbocycles. The zero-order valence-corrected chi connectivity index (χ0v) is 22.8. The van der Waals surface area contributed by atoms with Gasteiger partial charge in [0.25, 0.3) is 5.69 Å². The normalized spacial score (nSPS) is 19.8. The summed E-state index contributed by atoms with van der Waals surface area (Å²) in [6.45, 7) is 1.07. The minimum Gasteiger partial charge on any atom is -0.429 e. The first kappa shape index (κ1) is 29.1. The van der Waals surface area contributed by atoms with Crippen molar-refractivity contribution in [3.8, 4) is 0 Å². The molecule has 1 aliphatic heterocycles. The van der Waals surface area contributed by atoms with E-state index in [1.165, 1.54) is 24.3 Å². The molecule has 5 rings (SSSR count). The van der Waals surface area contributed by atoms with E-state index < -0.39 is 35.5 Å². The Labute approximate surface area is 243 Å². The number of nitro groups is 1. The fourth-order valence-corrected chi connectivity index (χ4v) is 4.59. The number of hydrogen-bond acceptors (Lipinski definition) is 8. The van der Waals surface area contributed by atoms with Gasteiger partial charge in [0.2, 0.25) is 6.29 Å². The number of nitrogens with zero attached hydrogens (tertiary/aromatic N) is 1. The number of carbonyl (C=O) groups is 1. The number of rotatable bonds is 13. The van der Waals surface area contributed by atoms with Gasteiger partial charge in [-0.2, -0.15) is 0 Å². The second-order valence-electron chi connectivity index (χ2n) is 9.78. The molecule has 4 atom stereocenters. The lowest BCUT2D eigenvalue weighted by atomic mass is 10.1. The average molecular weight is 570 g/mol. The predicted octanol–water partition coefficient (Wildman–Crippen LogP) is 5.86. The van der Waals surface area contributed by atoms with E-state index in [0.29, 0.717) is 6.61 Å². The summed E-state index contributed by atoms with van der Waals surface area (Å²) in [6.07, 6.45) is -3.11. The molecular weight excluding hydrogens is 538 g/mol. The lowest BCUT2D eigenvalue weighted by molar-refractivity contribution is -0.384. The minimum absolute atomic E-state index is 0.127. The maximum atomic E-state index is 13.1. The van der Waals surface area contributed by atoms with Gasteiger partial charge in [-0.05, 0) is 28.8 Å². The topological polar surface area (TPSA) is 106 Å². The van der Waals surface area contributed by atoms with Gasteiger partial charge in [-0.1, -0.05) is 91.0 Å². The molecule has 0 radical (unpaired) electrons. The monoisotopic (exact) mass is 569 g/mol. The first-order valence-electron chi connectivity index (χ1n) is 13.6. The lowest BCUT2D eigenvalue weighted by Crippen LogP contribution is -2.40. The number of carbonyl (C=O) groups excluding carboxylic acids is 1. The van der Waals surface area contributed by atoms with Gasteiger partial charge in [-0.15, -0.1) is 0 Å². The molecular formula is C33H31NO8. The number of nitro benzene ring substituents is 1. The Kier molecular flexibility index (Phi) is 10.0. The number of esters is 1. The standard InChI is InChI=1S/C33H31NO8/c35-32(27-16-18-28(19-17-27)34(36)37)42-33-31(40-22-26-14-8-3-9-15-26)30(39-21-25-12-6-2-7-13-25)29(41-33)23-38-20-24-10-4-1-5-11-24/h1-19,29-31,33H,20-23H2/t29-,30-,31+,33-/m1/s1. The van der Waals surface area contributed by atoms with E-state index in [-0.39, 0.29) is 31.1 Å². The van der Waals surface area contributed by atoms with Gasteiger partial charge < -0.3 is 23.7 Å². The molecule has 1 aliphatic rings. The molecule has 0 aromatic heterocycles. The highest BCUT2D eigenvalue weighted by Crippen LogP contribution is 2.31. The first-order valence-corrected chi connectivity index (χ1v) is 13.6. The highest BCUT2D eigenvalue weighted by atomic mass is 16.7. The predicted molar refractivity (Wildman–Crippen MR) is 153 cm³/mol.